The maximum atomic E-state index is 6.28. The molecule has 1 spiro atoms. The van der Waals surface area contributed by atoms with Crippen molar-refractivity contribution in [3.8, 4) is 0 Å². The second-order valence-electron chi connectivity index (χ2n) is 7.08. The molecule has 0 aromatic rings. The van der Waals surface area contributed by atoms with Crippen molar-refractivity contribution in [2.45, 2.75) is 56.6 Å². The minimum absolute atomic E-state index is 0.242. The van der Waals surface area contributed by atoms with E-state index in [-0.39, 0.29) is 5.60 Å². The highest BCUT2D eigenvalue weighted by Gasteiger charge is 2.41. The maximum absolute atomic E-state index is 6.28. The summed E-state index contributed by atoms with van der Waals surface area (Å²) in [5.74, 6) is 7.17. The minimum atomic E-state index is 0.242. The van der Waals surface area contributed by atoms with Gasteiger partial charge in [-0.15, -0.1) is 0 Å². The van der Waals surface area contributed by atoms with Crippen LogP contribution in [0.25, 0.3) is 0 Å². The molecule has 0 radical (unpaired) electrons. The Balaban J connectivity index is 1.57. The Bertz CT molecular complexity index is 308. The molecule has 3 saturated heterocycles. The third-order valence-electron chi connectivity index (χ3n) is 5.80. The summed E-state index contributed by atoms with van der Waals surface area (Å²) in [6.45, 7) is 0.994. The lowest BCUT2D eigenvalue weighted by atomic mass is 9.76. The average molecular weight is 330 g/mol. The first kappa shape index (κ1) is 16.5. The Morgan fingerprint density at radius 2 is 1.81 bits per heavy atom. The van der Waals surface area contributed by atoms with E-state index >= 15 is 0 Å². The number of ether oxygens (including phenoxy) is 1. The predicted molar refractivity (Wildman–Crippen MR) is 95.5 cm³/mol. The molecule has 1 N–H and O–H groups in total. The fraction of sp³-hybridized carbons (Fsp3) is 1.00. The Morgan fingerprint density at radius 3 is 2.52 bits per heavy atom. The number of thioether (sulfide) groups is 2. The summed E-state index contributed by atoms with van der Waals surface area (Å²) < 4.78 is 6.28. The average Bonchev–Trinajstić information content (AvgIpc) is 2.54. The molecular formula is C17H31NOS2. The predicted octanol–water partition coefficient (Wildman–Crippen LogP) is 3.80. The van der Waals surface area contributed by atoms with Crippen LogP contribution in [0.3, 0.4) is 0 Å². The van der Waals surface area contributed by atoms with Crippen LogP contribution in [0.2, 0.25) is 0 Å². The van der Waals surface area contributed by atoms with Gasteiger partial charge in [0, 0.05) is 12.6 Å². The SMILES string of the molecule is CNC(CC1CCSCC1)C1CCOC2(CCSCC2)C1. The molecule has 4 heteroatoms. The summed E-state index contributed by atoms with van der Waals surface area (Å²) in [4.78, 5) is 0. The van der Waals surface area contributed by atoms with Gasteiger partial charge in [0.15, 0.2) is 0 Å². The Hall–Kier alpha value is 0.620. The summed E-state index contributed by atoms with van der Waals surface area (Å²) in [6, 6.07) is 0.716. The molecule has 0 aromatic carbocycles. The van der Waals surface area contributed by atoms with Crippen LogP contribution in [0.15, 0.2) is 0 Å². The summed E-state index contributed by atoms with van der Waals surface area (Å²) >= 11 is 4.25. The van der Waals surface area contributed by atoms with E-state index < -0.39 is 0 Å². The van der Waals surface area contributed by atoms with Crippen LogP contribution in [0.4, 0.5) is 0 Å². The lowest BCUT2D eigenvalue weighted by Gasteiger charge is -2.46. The van der Waals surface area contributed by atoms with E-state index in [1.165, 1.54) is 68.0 Å². The molecule has 3 rings (SSSR count). The number of hydrogen-bond donors (Lipinski definition) is 1. The first-order valence-corrected chi connectivity index (χ1v) is 11.1. The zero-order valence-corrected chi connectivity index (χ0v) is 15.1. The molecule has 0 aromatic heterocycles. The summed E-state index contributed by atoms with van der Waals surface area (Å²) in [5.41, 5.74) is 0.242. The van der Waals surface area contributed by atoms with Gasteiger partial charge < -0.3 is 10.1 Å². The zero-order valence-electron chi connectivity index (χ0n) is 13.4. The van der Waals surface area contributed by atoms with Crippen molar-refractivity contribution in [1.82, 2.24) is 5.32 Å². The number of hydrogen-bond acceptors (Lipinski definition) is 4. The van der Waals surface area contributed by atoms with Crippen LogP contribution in [-0.2, 0) is 4.74 Å². The zero-order chi connectivity index (χ0) is 14.5. The van der Waals surface area contributed by atoms with E-state index in [4.69, 9.17) is 4.74 Å². The van der Waals surface area contributed by atoms with Crippen LogP contribution >= 0.6 is 23.5 Å². The van der Waals surface area contributed by atoms with Crippen molar-refractivity contribution in [2.75, 3.05) is 36.7 Å². The van der Waals surface area contributed by atoms with Gasteiger partial charge in [-0.1, -0.05) is 0 Å². The fourth-order valence-corrected chi connectivity index (χ4v) is 6.83. The molecule has 122 valence electrons. The van der Waals surface area contributed by atoms with E-state index in [1.54, 1.807) is 0 Å². The molecule has 3 heterocycles. The monoisotopic (exact) mass is 329 g/mol. The standard InChI is InChI=1S/C17H31NOS2/c1-18-16(12-14-3-8-20-9-4-14)15-2-7-19-17(13-15)5-10-21-11-6-17/h14-16,18H,2-13H2,1H3. The molecule has 0 amide bonds. The second kappa shape index (κ2) is 7.94. The highest BCUT2D eigenvalue weighted by Crippen LogP contribution is 2.42. The van der Waals surface area contributed by atoms with Crippen molar-refractivity contribution in [2.24, 2.45) is 11.8 Å². The third kappa shape index (κ3) is 4.33. The van der Waals surface area contributed by atoms with Gasteiger partial charge in [-0.2, -0.15) is 23.5 Å². The topological polar surface area (TPSA) is 21.3 Å². The molecule has 21 heavy (non-hydrogen) atoms. The smallest absolute Gasteiger partial charge is 0.0701 e. The molecule has 0 aliphatic carbocycles. The third-order valence-corrected chi connectivity index (χ3v) is 7.84. The van der Waals surface area contributed by atoms with E-state index in [0.29, 0.717) is 6.04 Å². The van der Waals surface area contributed by atoms with Crippen LogP contribution in [-0.4, -0.2) is 48.3 Å². The largest absolute Gasteiger partial charge is 0.375 e. The molecule has 2 atom stereocenters. The molecule has 2 nitrogen and oxygen atoms in total. The van der Waals surface area contributed by atoms with Crippen molar-refractivity contribution in [3.05, 3.63) is 0 Å². The van der Waals surface area contributed by atoms with Crippen molar-refractivity contribution >= 4 is 23.5 Å². The van der Waals surface area contributed by atoms with Gasteiger partial charge in [0.2, 0.25) is 0 Å². The number of rotatable bonds is 4. The fourth-order valence-electron chi connectivity index (χ4n) is 4.39. The first-order chi connectivity index (χ1) is 10.3. The van der Waals surface area contributed by atoms with Gasteiger partial charge in [-0.3, -0.25) is 0 Å². The number of nitrogens with one attached hydrogen (secondary N) is 1. The Labute approximate surface area is 138 Å². The van der Waals surface area contributed by atoms with Crippen LogP contribution < -0.4 is 5.32 Å². The second-order valence-corrected chi connectivity index (χ2v) is 9.53. The Morgan fingerprint density at radius 1 is 1.10 bits per heavy atom. The molecule has 3 aliphatic rings. The minimum Gasteiger partial charge on any atom is -0.375 e. The highest BCUT2D eigenvalue weighted by atomic mass is 32.2. The first-order valence-electron chi connectivity index (χ1n) is 8.78. The lowest BCUT2D eigenvalue weighted by molar-refractivity contribution is -0.107. The summed E-state index contributed by atoms with van der Waals surface area (Å²) in [6.07, 6.45) is 9.41. The van der Waals surface area contributed by atoms with Gasteiger partial charge in [-0.25, -0.2) is 0 Å². The van der Waals surface area contributed by atoms with Gasteiger partial charge >= 0.3 is 0 Å². The Kier molecular flexibility index (Phi) is 6.23. The van der Waals surface area contributed by atoms with Gasteiger partial charge in [0.25, 0.3) is 0 Å². The molecule has 2 unspecified atom stereocenters. The van der Waals surface area contributed by atoms with E-state index in [1.807, 2.05) is 0 Å². The maximum Gasteiger partial charge on any atom is 0.0701 e. The lowest BCUT2D eigenvalue weighted by Crippen LogP contribution is -2.48. The summed E-state index contributed by atoms with van der Waals surface area (Å²) in [7, 11) is 2.18. The van der Waals surface area contributed by atoms with Crippen LogP contribution in [0, 0.1) is 11.8 Å². The van der Waals surface area contributed by atoms with Crippen molar-refractivity contribution < 1.29 is 4.74 Å². The van der Waals surface area contributed by atoms with E-state index in [9.17, 15) is 0 Å². The van der Waals surface area contributed by atoms with Gasteiger partial charge in [-0.05, 0) is 86.8 Å². The van der Waals surface area contributed by atoms with E-state index in [2.05, 4.69) is 35.9 Å². The molecule has 0 saturated carbocycles. The highest BCUT2D eigenvalue weighted by molar-refractivity contribution is 7.99. The quantitative estimate of drug-likeness (QED) is 0.846. The summed E-state index contributed by atoms with van der Waals surface area (Å²) in [5, 5.41) is 3.67. The molecular weight excluding hydrogens is 298 g/mol. The molecule has 0 bridgehead atoms. The van der Waals surface area contributed by atoms with Crippen LogP contribution in [0.5, 0.6) is 0 Å². The van der Waals surface area contributed by atoms with Crippen LogP contribution in [0.1, 0.15) is 44.9 Å². The van der Waals surface area contributed by atoms with Crippen molar-refractivity contribution in [1.29, 1.82) is 0 Å². The van der Waals surface area contributed by atoms with Crippen molar-refractivity contribution in [3.63, 3.8) is 0 Å². The normalized spacial score (nSPS) is 32.1. The molecule has 3 fully saturated rings. The van der Waals surface area contributed by atoms with Gasteiger partial charge in [0.1, 0.15) is 0 Å². The van der Waals surface area contributed by atoms with Gasteiger partial charge in [0.05, 0.1) is 5.60 Å². The van der Waals surface area contributed by atoms with E-state index in [0.717, 1.165) is 18.4 Å². The molecule has 3 aliphatic heterocycles.